The Kier molecular flexibility index (Phi) is 8.80. The number of carbonyl (C=O) groups excluding carboxylic acids is 2. The monoisotopic (exact) mass is 418 g/mol. The van der Waals surface area contributed by atoms with Crippen molar-refractivity contribution < 1.29 is 19.1 Å². The summed E-state index contributed by atoms with van der Waals surface area (Å²) in [6.45, 7) is 4.26. The first kappa shape index (κ1) is 22.6. The van der Waals surface area contributed by atoms with E-state index in [1.54, 1.807) is 31.4 Å². The molecule has 0 aromatic heterocycles. The van der Waals surface area contributed by atoms with E-state index in [1.807, 2.05) is 38.1 Å². The lowest BCUT2D eigenvalue weighted by atomic mass is 10.1. The van der Waals surface area contributed by atoms with Gasteiger partial charge in [0.1, 0.15) is 17.5 Å². The van der Waals surface area contributed by atoms with Crippen LogP contribution in [0.5, 0.6) is 11.5 Å². The second kappa shape index (κ2) is 11.3. The van der Waals surface area contributed by atoms with E-state index >= 15 is 0 Å². The van der Waals surface area contributed by atoms with Crippen LogP contribution in [0.3, 0.4) is 0 Å². The highest BCUT2D eigenvalue weighted by Crippen LogP contribution is 2.23. The molecule has 1 N–H and O–H groups in total. The first-order chi connectivity index (χ1) is 14.0. The Labute approximate surface area is 176 Å². The zero-order chi connectivity index (χ0) is 21.2. The number of nitrogens with one attached hydrogen (secondary N) is 1. The average molecular weight is 419 g/mol. The Bertz CT molecular complexity index is 828. The van der Waals surface area contributed by atoms with Gasteiger partial charge in [0.2, 0.25) is 5.91 Å². The van der Waals surface area contributed by atoms with Gasteiger partial charge in [-0.2, -0.15) is 0 Å². The van der Waals surface area contributed by atoms with Gasteiger partial charge in [0.15, 0.2) is 6.61 Å². The van der Waals surface area contributed by atoms with Crippen LogP contribution in [0.2, 0.25) is 5.02 Å². The van der Waals surface area contributed by atoms with E-state index < -0.39 is 6.04 Å². The molecule has 2 aromatic rings. The van der Waals surface area contributed by atoms with E-state index in [0.29, 0.717) is 29.5 Å². The van der Waals surface area contributed by atoms with Gasteiger partial charge in [-0.25, -0.2) is 0 Å². The maximum absolute atomic E-state index is 13.0. The van der Waals surface area contributed by atoms with Gasteiger partial charge in [-0.05, 0) is 43.2 Å². The number of nitrogens with zero attached hydrogens (tertiary/aromatic N) is 1. The van der Waals surface area contributed by atoms with Crippen LogP contribution in [0.1, 0.15) is 25.8 Å². The van der Waals surface area contributed by atoms with Crippen molar-refractivity contribution in [2.45, 2.75) is 32.9 Å². The SMILES string of the molecule is CCNC(=O)[C@H](CC)N(Cc1cccc(OC)c1)C(=O)COc1ccccc1Cl. The third kappa shape index (κ3) is 6.39. The Balaban J connectivity index is 2.23. The molecule has 0 aliphatic rings. The fourth-order valence-corrected chi connectivity index (χ4v) is 3.15. The lowest BCUT2D eigenvalue weighted by molar-refractivity contribution is -0.142. The number of ether oxygens (including phenoxy) is 2. The molecule has 1 atom stereocenters. The summed E-state index contributed by atoms with van der Waals surface area (Å²) in [7, 11) is 1.59. The maximum Gasteiger partial charge on any atom is 0.261 e. The molecule has 0 heterocycles. The van der Waals surface area contributed by atoms with Gasteiger partial charge in [-0.15, -0.1) is 0 Å². The maximum atomic E-state index is 13.0. The summed E-state index contributed by atoms with van der Waals surface area (Å²) in [5.41, 5.74) is 0.859. The third-order valence-corrected chi connectivity index (χ3v) is 4.72. The largest absolute Gasteiger partial charge is 0.497 e. The number of methoxy groups -OCH3 is 1. The molecule has 0 spiro atoms. The topological polar surface area (TPSA) is 67.9 Å². The highest BCUT2D eigenvalue weighted by Gasteiger charge is 2.28. The first-order valence-electron chi connectivity index (χ1n) is 9.57. The molecule has 0 fully saturated rings. The molecule has 0 aliphatic heterocycles. The van der Waals surface area contributed by atoms with Crippen molar-refractivity contribution in [3.05, 3.63) is 59.1 Å². The lowest BCUT2D eigenvalue weighted by Gasteiger charge is -2.30. The quantitative estimate of drug-likeness (QED) is 0.639. The minimum absolute atomic E-state index is 0.191. The van der Waals surface area contributed by atoms with Crippen molar-refractivity contribution in [2.75, 3.05) is 20.3 Å². The van der Waals surface area contributed by atoms with E-state index in [1.165, 1.54) is 4.90 Å². The van der Waals surface area contributed by atoms with E-state index in [0.717, 1.165) is 5.56 Å². The van der Waals surface area contributed by atoms with Crippen molar-refractivity contribution in [3.63, 3.8) is 0 Å². The predicted octanol–water partition coefficient (Wildman–Crippen LogP) is 3.67. The molecule has 0 aliphatic carbocycles. The second-order valence-corrected chi connectivity index (χ2v) is 6.82. The van der Waals surface area contributed by atoms with Crippen molar-refractivity contribution in [1.29, 1.82) is 0 Å². The number of hydrogen-bond acceptors (Lipinski definition) is 4. The van der Waals surface area contributed by atoms with Gasteiger partial charge < -0.3 is 19.7 Å². The zero-order valence-electron chi connectivity index (χ0n) is 17.0. The lowest BCUT2D eigenvalue weighted by Crippen LogP contribution is -2.50. The van der Waals surface area contributed by atoms with Gasteiger partial charge in [0.05, 0.1) is 12.1 Å². The van der Waals surface area contributed by atoms with E-state index in [-0.39, 0.29) is 25.0 Å². The van der Waals surface area contributed by atoms with Gasteiger partial charge in [-0.3, -0.25) is 9.59 Å². The molecule has 7 heteroatoms. The molecule has 156 valence electrons. The van der Waals surface area contributed by atoms with E-state index in [2.05, 4.69) is 5.32 Å². The number of carbonyl (C=O) groups is 2. The Morgan fingerprint density at radius 1 is 1.14 bits per heavy atom. The van der Waals surface area contributed by atoms with Crippen LogP contribution >= 0.6 is 11.6 Å². The van der Waals surface area contributed by atoms with Gasteiger partial charge >= 0.3 is 0 Å². The molecule has 29 heavy (non-hydrogen) atoms. The van der Waals surface area contributed by atoms with Gasteiger partial charge in [-0.1, -0.05) is 42.8 Å². The van der Waals surface area contributed by atoms with Crippen LogP contribution in [-0.2, 0) is 16.1 Å². The molecule has 0 saturated carbocycles. The van der Waals surface area contributed by atoms with E-state index in [9.17, 15) is 9.59 Å². The van der Waals surface area contributed by atoms with Gasteiger partial charge in [0.25, 0.3) is 5.91 Å². The van der Waals surface area contributed by atoms with Crippen LogP contribution in [0.25, 0.3) is 0 Å². The molecule has 0 bridgehead atoms. The highest BCUT2D eigenvalue weighted by molar-refractivity contribution is 6.32. The van der Waals surface area contributed by atoms with Crippen LogP contribution in [-0.4, -0.2) is 43.0 Å². The molecular weight excluding hydrogens is 392 g/mol. The van der Waals surface area contributed by atoms with Crippen LogP contribution in [0.4, 0.5) is 0 Å². The van der Waals surface area contributed by atoms with Crippen molar-refractivity contribution in [3.8, 4) is 11.5 Å². The number of para-hydroxylation sites is 1. The minimum Gasteiger partial charge on any atom is -0.497 e. The van der Waals surface area contributed by atoms with Crippen molar-refractivity contribution in [2.24, 2.45) is 0 Å². The number of halogens is 1. The van der Waals surface area contributed by atoms with Crippen LogP contribution < -0.4 is 14.8 Å². The summed E-state index contributed by atoms with van der Waals surface area (Å²) in [4.78, 5) is 27.2. The second-order valence-electron chi connectivity index (χ2n) is 6.41. The molecular formula is C22H27ClN2O4. The smallest absolute Gasteiger partial charge is 0.261 e. The summed E-state index contributed by atoms with van der Waals surface area (Å²) >= 11 is 6.10. The number of benzene rings is 2. The first-order valence-corrected chi connectivity index (χ1v) is 9.95. The highest BCUT2D eigenvalue weighted by atomic mass is 35.5. The molecule has 0 radical (unpaired) electrons. The summed E-state index contributed by atoms with van der Waals surface area (Å²) in [6, 6.07) is 13.8. The normalized spacial score (nSPS) is 11.4. The Hall–Kier alpha value is -2.73. The Morgan fingerprint density at radius 2 is 1.90 bits per heavy atom. The fraction of sp³-hybridized carbons (Fsp3) is 0.364. The number of likely N-dealkylation sites (N-methyl/N-ethyl adjacent to an activating group) is 1. The summed E-state index contributed by atoms with van der Waals surface area (Å²) < 4.78 is 10.9. The van der Waals surface area contributed by atoms with Crippen LogP contribution in [0.15, 0.2) is 48.5 Å². The molecule has 2 amide bonds. The predicted molar refractivity (Wildman–Crippen MR) is 113 cm³/mol. The number of hydrogen-bond donors (Lipinski definition) is 1. The molecule has 2 rings (SSSR count). The van der Waals surface area contributed by atoms with E-state index in [4.69, 9.17) is 21.1 Å². The molecule has 6 nitrogen and oxygen atoms in total. The third-order valence-electron chi connectivity index (χ3n) is 4.41. The minimum atomic E-state index is -0.608. The molecule has 0 saturated heterocycles. The van der Waals surface area contributed by atoms with Crippen LogP contribution in [0, 0.1) is 0 Å². The zero-order valence-corrected chi connectivity index (χ0v) is 17.7. The summed E-state index contributed by atoms with van der Waals surface area (Å²) in [5.74, 6) is 0.623. The number of amides is 2. The number of rotatable bonds is 10. The van der Waals surface area contributed by atoms with Gasteiger partial charge in [0, 0.05) is 13.1 Å². The van der Waals surface area contributed by atoms with Crippen molar-refractivity contribution >= 4 is 23.4 Å². The summed E-state index contributed by atoms with van der Waals surface area (Å²) in [6.07, 6.45) is 0.480. The molecule has 0 unspecified atom stereocenters. The summed E-state index contributed by atoms with van der Waals surface area (Å²) in [5, 5.41) is 3.23. The fourth-order valence-electron chi connectivity index (χ4n) is 2.96. The average Bonchev–Trinajstić information content (AvgIpc) is 2.73. The van der Waals surface area contributed by atoms with Crippen molar-refractivity contribution in [1.82, 2.24) is 10.2 Å². The Morgan fingerprint density at radius 3 is 2.55 bits per heavy atom. The molecule has 2 aromatic carbocycles. The standard InChI is InChI=1S/C22H27ClN2O4/c1-4-19(22(27)24-5-2)25(14-16-9-8-10-17(13-16)28-3)21(26)15-29-20-12-7-6-11-18(20)23/h6-13,19H,4-5,14-15H2,1-3H3,(H,24,27)/t19-/m0/s1.